The van der Waals surface area contributed by atoms with Gasteiger partial charge in [0.2, 0.25) is 0 Å². The molecule has 0 amide bonds. The van der Waals surface area contributed by atoms with Gasteiger partial charge in [0.25, 0.3) is 0 Å². The highest BCUT2D eigenvalue weighted by atomic mass is 28.3. The lowest BCUT2D eigenvalue weighted by molar-refractivity contribution is -0.439. The Balaban J connectivity index is 0.000000310. The van der Waals surface area contributed by atoms with Crippen LogP contribution in [0, 0.1) is 45.9 Å². The van der Waals surface area contributed by atoms with Crippen LogP contribution in [-0.2, 0) is 0 Å². The summed E-state index contributed by atoms with van der Waals surface area (Å²) in [5.41, 5.74) is 11.5. The Labute approximate surface area is 748 Å². The van der Waals surface area contributed by atoms with Crippen LogP contribution in [0.25, 0.3) is 86.2 Å². The minimum absolute atomic E-state index is 0.00204. The van der Waals surface area contributed by atoms with Crippen LogP contribution < -0.4 is 0 Å². The first-order chi connectivity index (χ1) is 61.0. The molecule has 0 atom stereocenters. The molecule has 0 saturated heterocycles. The summed E-state index contributed by atoms with van der Waals surface area (Å²) in [6.45, 7) is 8.22. The van der Waals surface area contributed by atoms with E-state index in [0.29, 0.717) is 64.6 Å². The van der Waals surface area contributed by atoms with Crippen molar-refractivity contribution in [2.24, 2.45) is 0 Å². The van der Waals surface area contributed by atoms with Gasteiger partial charge < -0.3 is 0 Å². The van der Waals surface area contributed by atoms with Crippen molar-refractivity contribution in [3.05, 3.63) is 168 Å². The number of halogens is 42. The first kappa shape index (κ1) is 110. The fourth-order valence-corrected chi connectivity index (χ4v) is 20.1. The van der Waals surface area contributed by atoms with Gasteiger partial charge in [-0.3, -0.25) is 0 Å². The third kappa shape index (κ3) is 19.7. The maximum atomic E-state index is 15.0. The lowest BCUT2D eigenvalue weighted by Crippen LogP contribution is -2.70. The molecule has 46 heteroatoms. The molecule has 0 heterocycles. The monoisotopic (exact) mass is 2060 g/mol. The fraction of sp³-hybridized carbons (Fsp3) is 0.422. The molecule has 10 aromatic rings. The topological polar surface area (TPSA) is 0 Å². The summed E-state index contributed by atoms with van der Waals surface area (Å²) in [6, 6.07) is 34.7. The summed E-state index contributed by atoms with van der Waals surface area (Å²) in [5, 5.41) is 6.36. The molecule has 740 valence electrons. The third-order valence-electron chi connectivity index (χ3n) is 22.9. The highest BCUT2D eigenvalue weighted by Gasteiger charge is 2.92. The van der Waals surface area contributed by atoms with Gasteiger partial charge in [-0.05, 0) is 159 Å². The first-order valence-corrected chi connectivity index (χ1v) is 52.5. The maximum Gasteiger partial charge on any atom is 0.460 e. The van der Waals surface area contributed by atoms with Crippen LogP contribution in [-0.4, -0.2) is 151 Å². The standard InChI is InChI=1S/C47H35F25Si2.C43H35F17Si2/c1-36(48,49)39(54,55)42(60,61)43(62,63)40(56,57)37(50,51)16-20-73(2,3)18-14-30-32-22-26-10-6-8-12-28(26)24-34(32)31(35-25-29-13-9-7-11-27(29)23-33(30)35)15-19-74(4,5)21-17-38(52,53)41(58,59)44(64,65)45(66,67)46(68,69)47(70,71)72;1-36(44,45)39(50,51)40(52,53)37(46,47)16-20-61(2,3)18-14-30-32-22-26-10-6-8-12-28(26)24-34(32)31(35-25-29-13-9-7-11-27(29)23-33(30)35)15-19-62(4,5)21-17-38(48,49)41(54,55)42(56,57)43(58,59)60/h6-13,22-25H,16-17,20-21H2,1-5H3;6-13,22-25H,16-17,20-21H2,1-5H3. The Morgan fingerprint density at radius 3 is 0.485 bits per heavy atom. The van der Waals surface area contributed by atoms with Gasteiger partial charge in [0.1, 0.15) is 32.3 Å². The zero-order valence-corrected chi connectivity index (χ0v) is 75.4. The SMILES string of the molecule is CC(F)(F)C(F)(F)C(F)(F)C(F)(F)C(F)(F)C(F)(F)CC[Si](C)(C)C#Cc1c2cc3ccccc3cc2c(C#C[Si](C)(C)CCC(F)(F)C(F)(F)C(F)(F)C(F)(F)C(F)(F)C(F)(F)F)c2cc3ccccc3cc12.CC(F)(F)C(F)(F)C(F)(F)C(F)(F)CC[Si](C)(C)C#Cc1c2cc3ccccc3cc2c(C#C[Si](C)(C)CCC(F)(F)C(F)(F)C(F)(F)C(F)(F)F)c2cc3ccccc3cc12. The Bertz CT molecular complexity index is 5930. The number of hydrogen-bond donors (Lipinski definition) is 0. The predicted molar refractivity (Wildman–Crippen MR) is 441 cm³/mol. The lowest BCUT2D eigenvalue weighted by Gasteiger charge is -2.41. The molecule has 0 aliphatic carbocycles. The van der Waals surface area contributed by atoms with Crippen molar-refractivity contribution in [3.63, 3.8) is 0 Å². The van der Waals surface area contributed by atoms with E-state index in [2.05, 4.69) is 45.9 Å². The summed E-state index contributed by atoms with van der Waals surface area (Å²) >= 11 is 0. The van der Waals surface area contributed by atoms with Crippen molar-refractivity contribution >= 4 is 118 Å². The average Bonchev–Trinajstić information content (AvgIpc) is 0.711. The minimum Gasteiger partial charge on any atom is -0.200 e. The van der Waals surface area contributed by atoms with Crippen LogP contribution in [0.4, 0.5) is 184 Å². The number of rotatable bonds is 26. The normalized spacial score (nSPS) is 14.6. The molecule has 0 bridgehead atoms. The van der Waals surface area contributed by atoms with E-state index in [-0.39, 0.29) is 43.8 Å². The van der Waals surface area contributed by atoms with E-state index in [1.807, 2.05) is 0 Å². The van der Waals surface area contributed by atoms with Gasteiger partial charge in [0, 0.05) is 61.8 Å². The third-order valence-corrected chi connectivity index (χ3v) is 32.1. The Kier molecular flexibility index (Phi) is 28.6. The van der Waals surface area contributed by atoms with Gasteiger partial charge in [0.15, 0.2) is 0 Å². The molecule has 0 spiro atoms. The highest BCUT2D eigenvalue weighted by Crippen LogP contribution is 2.64. The van der Waals surface area contributed by atoms with Crippen molar-refractivity contribution in [2.45, 2.75) is 235 Å². The van der Waals surface area contributed by atoms with Crippen LogP contribution in [0.15, 0.2) is 146 Å². The maximum absolute atomic E-state index is 15.0. The van der Waals surface area contributed by atoms with Gasteiger partial charge in [-0.25, -0.2) is 0 Å². The van der Waals surface area contributed by atoms with E-state index in [1.54, 1.807) is 121 Å². The van der Waals surface area contributed by atoms with E-state index in [1.165, 1.54) is 50.5 Å². The quantitative estimate of drug-likeness (QED) is 0.0219. The molecule has 10 aromatic carbocycles. The van der Waals surface area contributed by atoms with Crippen molar-refractivity contribution < 1.29 is 184 Å². The molecule has 0 aromatic heterocycles. The number of hydrogen-bond acceptors (Lipinski definition) is 0. The second-order valence-electron chi connectivity index (χ2n) is 35.5. The number of benzene rings is 10. The first-order valence-electron chi connectivity index (χ1n) is 39.7. The summed E-state index contributed by atoms with van der Waals surface area (Å²) in [4.78, 5) is 0. The largest absolute Gasteiger partial charge is 0.460 e. The van der Waals surface area contributed by atoms with Gasteiger partial charge >= 0.3 is 119 Å². The van der Waals surface area contributed by atoms with Crippen LogP contribution in [0.5, 0.6) is 0 Å². The predicted octanol–water partition coefficient (Wildman–Crippen LogP) is 33.2. The molecule has 0 fully saturated rings. The summed E-state index contributed by atoms with van der Waals surface area (Å²) in [6.07, 6.45) is -23.4. The smallest absolute Gasteiger partial charge is 0.200 e. The molecule has 0 nitrogen and oxygen atoms in total. The molecule has 10 rings (SSSR count). The number of fused-ring (bicyclic) bond motifs is 8. The van der Waals surface area contributed by atoms with Gasteiger partial charge in [-0.1, -0.05) is 173 Å². The summed E-state index contributed by atoms with van der Waals surface area (Å²) in [7, 11) is -14.7. The van der Waals surface area contributed by atoms with E-state index in [4.69, 9.17) is 0 Å². The van der Waals surface area contributed by atoms with Gasteiger partial charge in [-0.2, -0.15) is 184 Å². The van der Waals surface area contributed by atoms with Crippen molar-refractivity contribution in [3.8, 4) is 45.9 Å². The van der Waals surface area contributed by atoms with E-state index >= 15 is 8.78 Å². The van der Waals surface area contributed by atoms with Crippen LogP contribution in [0.3, 0.4) is 0 Å². The zero-order chi connectivity index (χ0) is 104. The minimum atomic E-state index is -8.09. The molecule has 0 saturated carbocycles. The van der Waals surface area contributed by atoms with Crippen LogP contribution >= 0.6 is 0 Å². The van der Waals surface area contributed by atoms with E-state index < -0.39 is 215 Å². The van der Waals surface area contributed by atoms with Crippen molar-refractivity contribution in [1.29, 1.82) is 0 Å². The molecule has 0 aliphatic rings. The van der Waals surface area contributed by atoms with Crippen molar-refractivity contribution in [1.82, 2.24) is 0 Å². The molecule has 0 N–H and O–H groups in total. The lowest BCUT2D eigenvalue weighted by atomic mass is 9.89. The average molecular weight is 2060 g/mol. The summed E-state index contributed by atoms with van der Waals surface area (Å²) < 4.78 is 587. The molecular weight excluding hydrogens is 1990 g/mol. The summed E-state index contributed by atoms with van der Waals surface area (Å²) in [5.74, 6) is -112. The Morgan fingerprint density at radius 1 is 0.191 bits per heavy atom. The van der Waals surface area contributed by atoms with Crippen LogP contribution in [0.1, 0.15) is 61.8 Å². The highest BCUT2D eigenvalue weighted by molar-refractivity contribution is 6.86. The molecule has 0 unspecified atom stereocenters. The van der Waals surface area contributed by atoms with Gasteiger partial charge in [-0.15, -0.1) is 22.2 Å². The Hall–Kier alpha value is -9.55. The number of alkyl halides is 42. The van der Waals surface area contributed by atoms with Crippen LogP contribution in [0.2, 0.25) is 76.6 Å². The molecule has 136 heavy (non-hydrogen) atoms. The Morgan fingerprint density at radius 2 is 0.324 bits per heavy atom. The van der Waals surface area contributed by atoms with Crippen molar-refractivity contribution in [2.75, 3.05) is 0 Å². The van der Waals surface area contributed by atoms with E-state index in [0.717, 1.165) is 26.2 Å². The second-order valence-corrected chi connectivity index (χ2v) is 53.6. The molecule has 0 radical (unpaired) electrons. The van der Waals surface area contributed by atoms with Gasteiger partial charge in [0.05, 0.1) is 0 Å². The van der Waals surface area contributed by atoms with E-state index in [9.17, 15) is 176 Å². The second kappa shape index (κ2) is 35.3. The molecular formula is C90H70F42Si4. The molecule has 0 aliphatic heterocycles. The fourth-order valence-electron chi connectivity index (χ4n) is 14.0. The zero-order valence-electron chi connectivity index (χ0n) is 71.4.